The molecule has 2 N–H and O–H groups in total. The molecule has 1 unspecified atom stereocenters. The molecule has 0 spiro atoms. The van der Waals surface area contributed by atoms with Gasteiger partial charge in [-0.3, -0.25) is 0 Å². The summed E-state index contributed by atoms with van der Waals surface area (Å²) in [5.74, 6) is 0.926. The van der Waals surface area contributed by atoms with Crippen LogP contribution < -0.4 is 10.5 Å². The zero-order valence-electron chi connectivity index (χ0n) is 11.7. The largest absolute Gasteiger partial charge is 0.494 e. The van der Waals surface area contributed by atoms with E-state index < -0.39 is 0 Å². The van der Waals surface area contributed by atoms with Crippen molar-refractivity contribution < 1.29 is 4.74 Å². The molecule has 0 aliphatic carbocycles. The number of aromatic nitrogens is 1. The fourth-order valence-electron chi connectivity index (χ4n) is 2.60. The molecule has 1 atom stereocenters. The van der Waals surface area contributed by atoms with Gasteiger partial charge in [-0.2, -0.15) is 0 Å². The molecule has 0 saturated heterocycles. The summed E-state index contributed by atoms with van der Waals surface area (Å²) in [6, 6.07) is 6.34. The molecule has 2 aromatic rings. The number of nitrogens with two attached hydrogens (primary N) is 1. The minimum Gasteiger partial charge on any atom is -0.494 e. The van der Waals surface area contributed by atoms with Crippen LogP contribution in [0.4, 0.5) is 0 Å². The van der Waals surface area contributed by atoms with Crippen LogP contribution in [0.2, 0.25) is 0 Å². The molecule has 0 bridgehead atoms. The van der Waals surface area contributed by atoms with Gasteiger partial charge in [0.25, 0.3) is 0 Å². The number of benzene rings is 1. The highest BCUT2D eigenvalue weighted by Crippen LogP contribution is 2.31. The molecular formula is C15H22N2O. The van der Waals surface area contributed by atoms with Crippen LogP contribution in [-0.4, -0.2) is 11.2 Å². The summed E-state index contributed by atoms with van der Waals surface area (Å²) in [6.07, 6.45) is 0.948. The van der Waals surface area contributed by atoms with E-state index in [0.717, 1.165) is 12.2 Å². The Morgan fingerprint density at radius 3 is 2.67 bits per heavy atom. The van der Waals surface area contributed by atoms with E-state index in [0.29, 0.717) is 6.61 Å². The Morgan fingerprint density at radius 2 is 2.06 bits per heavy atom. The van der Waals surface area contributed by atoms with Crippen molar-refractivity contribution in [2.24, 2.45) is 12.8 Å². The summed E-state index contributed by atoms with van der Waals surface area (Å²) in [7, 11) is 2.08. The van der Waals surface area contributed by atoms with E-state index in [1.54, 1.807) is 0 Å². The number of fused-ring (bicyclic) bond motifs is 1. The highest BCUT2D eigenvalue weighted by molar-refractivity contribution is 5.86. The SMILES string of the molecule is CCOc1ccc2c(c1)c(C)c(C(N)CC)n2C. The lowest BCUT2D eigenvalue weighted by Crippen LogP contribution is -2.13. The lowest BCUT2D eigenvalue weighted by Gasteiger charge is -2.12. The minimum absolute atomic E-state index is 0.0953. The molecule has 1 heterocycles. The Kier molecular flexibility index (Phi) is 3.62. The molecule has 0 amide bonds. The van der Waals surface area contributed by atoms with Crippen molar-refractivity contribution in [3.63, 3.8) is 0 Å². The van der Waals surface area contributed by atoms with Gasteiger partial charge in [0.1, 0.15) is 5.75 Å². The summed E-state index contributed by atoms with van der Waals surface area (Å²) >= 11 is 0. The van der Waals surface area contributed by atoms with E-state index in [-0.39, 0.29) is 6.04 Å². The summed E-state index contributed by atoms with van der Waals surface area (Å²) in [6.45, 7) is 6.95. The van der Waals surface area contributed by atoms with E-state index in [2.05, 4.69) is 37.6 Å². The Hall–Kier alpha value is -1.48. The maximum Gasteiger partial charge on any atom is 0.120 e. The molecule has 18 heavy (non-hydrogen) atoms. The molecule has 2 rings (SSSR count). The topological polar surface area (TPSA) is 40.2 Å². The predicted octanol–water partition coefficient (Wildman–Crippen LogP) is 3.30. The highest BCUT2D eigenvalue weighted by atomic mass is 16.5. The molecule has 0 radical (unpaired) electrons. The average Bonchev–Trinajstić information content (AvgIpc) is 2.61. The maximum absolute atomic E-state index is 6.20. The van der Waals surface area contributed by atoms with Gasteiger partial charge >= 0.3 is 0 Å². The van der Waals surface area contributed by atoms with Gasteiger partial charge in [0, 0.05) is 29.7 Å². The van der Waals surface area contributed by atoms with Crippen molar-refractivity contribution in [2.45, 2.75) is 33.2 Å². The Balaban J connectivity index is 2.62. The first-order valence-corrected chi connectivity index (χ1v) is 6.57. The van der Waals surface area contributed by atoms with Crippen molar-refractivity contribution in [3.8, 4) is 5.75 Å². The lowest BCUT2D eigenvalue weighted by molar-refractivity contribution is 0.340. The third kappa shape index (κ3) is 1.99. The number of aryl methyl sites for hydroxylation is 2. The number of nitrogens with zero attached hydrogens (tertiary/aromatic N) is 1. The smallest absolute Gasteiger partial charge is 0.120 e. The van der Waals surface area contributed by atoms with E-state index in [9.17, 15) is 0 Å². The van der Waals surface area contributed by atoms with Crippen LogP contribution >= 0.6 is 0 Å². The minimum atomic E-state index is 0.0953. The van der Waals surface area contributed by atoms with Gasteiger partial charge in [-0.05, 0) is 44.0 Å². The van der Waals surface area contributed by atoms with Gasteiger partial charge in [0.15, 0.2) is 0 Å². The molecule has 1 aromatic heterocycles. The standard InChI is InChI=1S/C15H22N2O/c1-5-13(16)15-10(3)12-9-11(18-6-2)7-8-14(12)17(15)4/h7-9,13H,5-6,16H2,1-4H3. The van der Waals surface area contributed by atoms with Crippen molar-refractivity contribution in [1.29, 1.82) is 0 Å². The van der Waals surface area contributed by atoms with Crippen LogP contribution in [0.3, 0.4) is 0 Å². The van der Waals surface area contributed by atoms with Gasteiger partial charge in [-0.1, -0.05) is 6.92 Å². The van der Waals surface area contributed by atoms with Crippen molar-refractivity contribution in [3.05, 3.63) is 29.5 Å². The molecule has 98 valence electrons. The van der Waals surface area contributed by atoms with Crippen LogP contribution in [0.1, 0.15) is 37.6 Å². The number of rotatable bonds is 4. The third-order valence-corrected chi connectivity index (χ3v) is 3.58. The van der Waals surface area contributed by atoms with E-state index >= 15 is 0 Å². The van der Waals surface area contributed by atoms with Crippen molar-refractivity contribution >= 4 is 10.9 Å². The fourth-order valence-corrected chi connectivity index (χ4v) is 2.60. The summed E-state index contributed by atoms with van der Waals surface area (Å²) < 4.78 is 7.77. The van der Waals surface area contributed by atoms with Crippen LogP contribution in [0.15, 0.2) is 18.2 Å². The van der Waals surface area contributed by atoms with Crippen molar-refractivity contribution in [2.75, 3.05) is 6.61 Å². The van der Waals surface area contributed by atoms with Gasteiger partial charge in [-0.25, -0.2) is 0 Å². The third-order valence-electron chi connectivity index (χ3n) is 3.58. The summed E-state index contributed by atoms with van der Waals surface area (Å²) in [5, 5.41) is 1.24. The molecule has 0 saturated carbocycles. The first kappa shape index (κ1) is 13.0. The lowest BCUT2D eigenvalue weighted by atomic mass is 10.1. The molecular weight excluding hydrogens is 224 g/mol. The van der Waals surface area contributed by atoms with Gasteiger partial charge in [0.05, 0.1) is 6.61 Å². The monoisotopic (exact) mass is 246 g/mol. The summed E-state index contributed by atoms with van der Waals surface area (Å²) in [4.78, 5) is 0. The van der Waals surface area contributed by atoms with Crippen LogP contribution in [-0.2, 0) is 7.05 Å². The zero-order valence-corrected chi connectivity index (χ0v) is 11.7. The molecule has 3 heteroatoms. The fraction of sp³-hybridized carbons (Fsp3) is 0.467. The molecule has 0 fully saturated rings. The summed E-state index contributed by atoms with van der Waals surface area (Å²) in [5.41, 5.74) is 9.91. The van der Waals surface area contributed by atoms with Gasteiger partial charge in [-0.15, -0.1) is 0 Å². The van der Waals surface area contributed by atoms with Crippen LogP contribution in [0, 0.1) is 6.92 Å². The van der Waals surface area contributed by atoms with E-state index in [4.69, 9.17) is 10.5 Å². The number of hydrogen-bond donors (Lipinski definition) is 1. The van der Waals surface area contributed by atoms with Crippen LogP contribution in [0.25, 0.3) is 10.9 Å². The van der Waals surface area contributed by atoms with E-state index in [1.165, 1.54) is 22.2 Å². The second-order valence-corrected chi connectivity index (χ2v) is 4.70. The van der Waals surface area contributed by atoms with E-state index in [1.807, 2.05) is 13.0 Å². The number of ether oxygens (including phenoxy) is 1. The normalized spacial score (nSPS) is 12.9. The molecule has 3 nitrogen and oxygen atoms in total. The van der Waals surface area contributed by atoms with Gasteiger partial charge in [0.2, 0.25) is 0 Å². The first-order chi connectivity index (χ1) is 8.60. The second kappa shape index (κ2) is 5.02. The maximum atomic E-state index is 6.20. The highest BCUT2D eigenvalue weighted by Gasteiger charge is 2.16. The van der Waals surface area contributed by atoms with Crippen LogP contribution in [0.5, 0.6) is 5.75 Å². The Labute approximate surface area is 109 Å². The van der Waals surface area contributed by atoms with Gasteiger partial charge < -0.3 is 15.0 Å². The molecule has 0 aliphatic heterocycles. The molecule has 0 aliphatic rings. The van der Waals surface area contributed by atoms with Crippen molar-refractivity contribution in [1.82, 2.24) is 4.57 Å². The average molecular weight is 246 g/mol. The second-order valence-electron chi connectivity index (χ2n) is 4.70. The Bertz CT molecular complexity index is 557. The quantitative estimate of drug-likeness (QED) is 0.899. The zero-order chi connectivity index (χ0) is 13.3. The first-order valence-electron chi connectivity index (χ1n) is 6.57. The Morgan fingerprint density at radius 1 is 1.33 bits per heavy atom. The molecule has 1 aromatic carbocycles. The predicted molar refractivity (Wildman–Crippen MR) is 76.0 cm³/mol. The number of hydrogen-bond acceptors (Lipinski definition) is 2.